The van der Waals surface area contributed by atoms with Crippen LogP contribution in [0.2, 0.25) is 0 Å². The fraction of sp³-hybridized carbons (Fsp3) is 0.600. The Bertz CT molecular complexity index is 326. The fourth-order valence-electron chi connectivity index (χ4n) is 1.62. The number of methoxy groups -OCH3 is 2. The lowest BCUT2D eigenvalue weighted by Crippen LogP contribution is -2.40. The van der Waals surface area contributed by atoms with Gasteiger partial charge in [0.05, 0.1) is 13.2 Å². The Hall–Kier alpha value is -1.36. The third kappa shape index (κ3) is 2.36. The summed E-state index contributed by atoms with van der Waals surface area (Å²) in [5.41, 5.74) is 0. The molecular formula is C10H15N3O2. The number of anilines is 1. The molecule has 1 aliphatic rings. The van der Waals surface area contributed by atoms with Crippen molar-refractivity contribution >= 4 is 5.82 Å². The first-order valence-electron chi connectivity index (χ1n) is 4.97. The highest BCUT2D eigenvalue weighted by molar-refractivity contribution is 5.38. The zero-order valence-electron chi connectivity index (χ0n) is 8.93. The molecule has 0 bridgehead atoms. The van der Waals surface area contributed by atoms with E-state index >= 15 is 0 Å². The Kier molecular flexibility index (Phi) is 3.01. The summed E-state index contributed by atoms with van der Waals surface area (Å²) in [6.45, 7) is 0. The van der Waals surface area contributed by atoms with Gasteiger partial charge in [0, 0.05) is 19.2 Å². The van der Waals surface area contributed by atoms with E-state index in [0.717, 1.165) is 18.7 Å². The quantitative estimate of drug-likeness (QED) is 0.804. The van der Waals surface area contributed by atoms with Crippen molar-refractivity contribution in [2.75, 3.05) is 19.5 Å². The molecule has 1 aromatic rings. The topological polar surface area (TPSA) is 56.3 Å². The first-order chi connectivity index (χ1) is 7.31. The van der Waals surface area contributed by atoms with E-state index in [1.165, 1.54) is 6.33 Å². The number of nitrogens with zero attached hydrogens (tertiary/aromatic N) is 2. The molecule has 0 radical (unpaired) electrons. The largest absolute Gasteiger partial charge is 0.481 e. The van der Waals surface area contributed by atoms with Crippen molar-refractivity contribution in [1.29, 1.82) is 0 Å². The van der Waals surface area contributed by atoms with Gasteiger partial charge in [-0.3, -0.25) is 0 Å². The van der Waals surface area contributed by atoms with Crippen LogP contribution in [0.25, 0.3) is 0 Å². The molecule has 1 N–H and O–H groups in total. The fourth-order valence-corrected chi connectivity index (χ4v) is 1.62. The minimum absolute atomic E-state index is 0.395. The van der Waals surface area contributed by atoms with Gasteiger partial charge in [-0.15, -0.1) is 0 Å². The third-order valence-electron chi connectivity index (χ3n) is 2.63. The second kappa shape index (κ2) is 4.44. The van der Waals surface area contributed by atoms with Crippen molar-refractivity contribution in [2.45, 2.75) is 25.0 Å². The van der Waals surface area contributed by atoms with Gasteiger partial charge < -0.3 is 14.8 Å². The van der Waals surface area contributed by atoms with Crippen molar-refractivity contribution in [3.63, 3.8) is 0 Å². The van der Waals surface area contributed by atoms with Crippen molar-refractivity contribution in [3.05, 3.63) is 12.4 Å². The standard InChI is InChI=1S/C10H15N3O2/c1-14-8-3-7(4-8)13-9-5-10(15-2)12-6-11-9/h5-8H,3-4H2,1-2H3,(H,11,12,13). The summed E-state index contributed by atoms with van der Waals surface area (Å²) in [5.74, 6) is 1.39. The molecule has 1 saturated carbocycles. The summed E-state index contributed by atoms with van der Waals surface area (Å²) in [6, 6.07) is 2.25. The molecule has 0 spiro atoms. The second-order valence-corrected chi connectivity index (χ2v) is 3.62. The van der Waals surface area contributed by atoms with Crippen LogP contribution in [-0.2, 0) is 4.74 Å². The maximum atomic E-state index is 5.20. The molecule has 5 nitrogen and oxygen atoms in total. The second-order valence-electron chi connectivity index (χ2n) is 3.62. The molecule has 0 amide bonds. The van der Waals surface area contributed by atoms with Crippen molar-refractivity contribution in [2.24, 2.45) is 0 Å². The monoisotopic (exact) mass is 209 g/mol. The van der Waals surface area contributed by atoms with Crippen LogP contribution < -0.4 is 10.1 Å². The Labute approximate surface area is 88.8 Å². The molecule has 1 aromatic heterocycles. The van der Waals surface area contributed by atoms with E-state index in [1.54, 1.807) is 20.3 Å². The predicted molar refractivity (Wildman–Crippen MR) is 56.0 cm³/mol. The number of hydrogen-bond donors (Lipinski definition) is 1. The summed E-state index contributed by atoms with van der Waals surface area (Å²) >= 11 is 0. The molecule has 1 aliphatic carbocycles. The van der Waals surface area contributed by atoms with Crippen LogP contribution in [-0.4, -0.2) is 36.3 Å². The SMILES string of the molecule is COc1cc(NC2CC(OC)C2)ncn1. The average Bonchev–Trinajstić information content (AvgIpc) is 2.23. The summed E-state index contributed by atoms with van der Waals surface area (Å²) in [4.78, 5) is 8.06. The van der Waals surface area contributed by atoms with Gasteiger partial charge in [-0.25, -0.2) is 9.97 Å². The molecule has 1 fully saturated rings. The lowest BCUT2D eigenvalue weighted by atomic mass is 9.89. The maximum Gasteiger partial charge on any atom is 0.218 e. The van der Waals surface area contributed by atoms with Gasteiger partial charge in [0.2, 0.25) is 5.88 Å². The molecule has 0 aromatic carbocycles. The lowest BCUT2D eigenvalue weighted by Gasteiger charge is -2.34. The highest BCUT2D eigenvalue weighted by Crippen LogP contribution is 2.26. The first kappa shape index (κ1) is 10.2. The molecule has 0 atom stereocenters. The zero-order chi connectivity index (χ0) is 10.7. The van der Waals surface area contributed by atoms with E-state index in [-0.39, 0.29) is 0 Å². The number of nitrogens with one attached hydrogen (secondary N) is 1. The smallest absolute Gasteiger partial charge is 0.218 e. The van der Waals surface area contributed by atoms with Crippen LogP contribution >= 0.6 is 0 Å². The highest BCUT2D eigenvalue weighted by atomic mass is 16.5. The molecule has 0 saturated heterocycles. The average molecular weight is 209 g/mol. The highest BCUT2D eigenvalue weighted by Gasteiger charge is 2.28. The number of hydrogen-bond acceptors (Lipinski definition) is 5. The summed E-state index contributed by atoms with van der Waals surface area (Å²) < 4.78 is 10.2. The molecule has 2 rings (SSSR count). The van der Waals surface area contributed by atoms with E-state index in [1.807, 2.05) is 0 Å². The Balaban J connectivity index is 1.88. The van der Waals surface area contributed by atoms with E-state index in [0.29, 0.717) is 18.0 Å². The van der Waals surface area contributed by atoms with Gasteiger partial charge >= 0.3 is 0 Å². The van der Waals surface area contributed by atoms with Crippen LogP contribution in [0, 0.1) is 0 Å². The number of ether oxygens (including phenoxy) is 2. The van der Waals surface area contributed by atoms with Crippen molar-refractivity contribution in [1.82, 2.24) is 9.97 Å². The molecular weight excluding hydrogens is 194 g/mol. The Morgan fingerprint density at radius 1 is 1.33 bits per heavy atom. The maximum absolute atomic E-state index is 5.20. The normalized spacial score (nSPS) is 24.4. The van der Waals surface area contributed by atoms with Gasteiger partial charge in [0.15, 0.2) is 0 Å². The van der Waals surface area contributed by atoms with Gasteiger partial charge in [-0.05, 0) is 12.8 Å². The van der Waals surface area contributed by atoms with Crippen molar-refractivity contribution in [3.8, 4) is 5.88 Å². The van der Waals surface area contributed by atoms with Crippen LogP contribution in [0.1, 0.15) is 12.8 Å². The van der Waals surface area contributed by atoms with E-state index in [2.05, 4.69) is 15.3 Å². The van der Waals surface area contributed by atoms with Crippen LogP contribution in [0.3, 0.4) is 0 Å². The van der Waals surface area contributed by atoms with Gasteiger partial charge in [-0.2, -0.15) is 0 Å². The molecule has 5 heteroatoms. The predicted octanol–water partition coefficient (Wildman–Crippen LogP) is 1.07. The minimum Gasteiger partial charge on any atom is -0.481 e. The van der Waals surface area contributed by atoms with E-state index < -0.39 is 0 Å². The van der Waals surface area contributed by atoms with Crippen LogP contribution in [0.15, 0.2) is 12.4 Å². The Morgan fingerprint density at radius 3 is 2.80 bits per heavy atom. The molecule has 82 valence electrons. The molecule has 15 heavy (non-hydrogen) atoms. The van der Waals surface area contributed by atoms with Gasteiger partial charge in [0.25, 0.3) is 0 Å². The third-order valence-corrected chi connectivity index (χ3v) is 2.63. The molecule has 0 unspecified atom stereocenters. The summed E-state index contributed by atoms with van der Waals surface area (Å²) in [6.07, 6.45) is 3.95. The van der Waals surface area contributed by atoms with Crippen molar-refractivity contribution < 1.29 is 9.47 Å². The minimum atomic E-state index is 0.395. The Morgan fingerprint density at radius 2 is 2.13 bits per heavy atom. The summed E-state index contributed by atoms with van der Waals surface area (Å²) in [5, 5.41) is 3.31. The van der Waals surface area contributed by atoms with Gasteiger partial charge in [-0.1, -0.05) is 0 Å². The van der Waals surface area contributed by atoms with Crippen LogP contribution in [0.4, 0.5) is 5.82 Å². The number of aromatic nitrogens is 2. The van der Waals surface area contributed by atoms with Crippen LogP contribution in [0.5, 0.6) is 5.88 Å². The summed E-state index contributed by atoms with van der Waals surface area (Å²) in [7, 11) is 3.34. The van der Waals surface area contributed by atoms with E-state index in [9.17, 15) is 0 Å². The number of rotatable bonds is 4. The first-order valence-corrected chi connectivity index (χ1v) is 4.97. The van der Waals surface area contributed by atoms with Gasteiger partial charge in [0.1, 0.15) is 12.1 Å². The molecule has 0 aliphatic heterocycles. The zero-order valence-corrected chi connectivity index (χ0v) is 8.93. The molecule has 1 heterocycles. The van der Waals surface area contributed by atoms with E-state index in [4.69, 9.17) is 9.47 Å². The lowest BCUT2D eigenvalue weighted by molar-refractivity contribution is 0.0328.